The molecule has 3 N–H and O–H groups in total. The van der Waals surface area contributed by atoms with Crippen molar-refractivity contribution in [1.82, 2.24) is 10.2 Å². The van der Waals surface area contributed by atoms with Crippen molar-refractivity contribution in [2.45, 2.75) is 11.8 Å². The molecule has 0 fully saturated rings. The largest absolute Gasteiger partial charge is 0.415 e. The van der Waals surface area contributed by atoms with Crippen LogP contribution in [0.4, 0.5) is 10.1 Å². The van der Waals surface area contributed by atoms with E-state index in [9.17, 15) is 9.18 Å². The number of anilines is 1. The molecule has 0 unspecified atom stereocenters. The van der Waals surface area contributed by atoms with Gasteiger partial charge in [0.1, 0.15) is 5.82 Å². The molecule has 1 amide bonds. The van der Waals surface area contributed by atoms with Crippen LogP contribution < -0.4 is 11.1 Å². The number of nitrogens with one attached hydrogen (secondary N) is 1. The van der Waals surface area contributed by atoms with Crippen molar-refractivity contribution in [3.63, 3.8) is 0 Å². The molecule has 0 radical (unpaired) electrons. The number of amides is 1. The predicted molar refractivity (Wildman–Crippen MR) is 73.0 cm³/mol. The summed E-state index contributed by atoms with van der Waals surface area (Å²) < 4.78 is 18.1. The number of carbonyl (C=O) groups excluding carboxylic acids is 1. The molecular formula is C11H10ClFN4O2S. The highest BCUT2D eigenvalue weighted by Crippen LogP contribution is 2.20. The van der Waals surface area contributed by atoms with Crippen molar-refractivity contribution in [1.29, 1.82) is 0 Å². The first kappa shape index (κ1) is 14.8. The number of aromatic nitrogens is 2. The second kappa shape index (κ2) is 6.69. The number of thioether (sulfide) groups is 1. The van der Waals surface area contributed by atoms with Gasteiger partial charge in [0.15, 0.2) is 0 Å². The number of rotatable bonds is 5. The molecule has 0 aliphatic heterocycles. The van der Waals surface area contributed by atoms with Crippen molar-refractivity contribution < 1.29 is 13.6 Å². The number of nitrogens with two attached hydrogens (primary N) is 1. The van der Waals surface area contributed by atoms with Crippen molar-refractivity contribution in [2.24, 2.45) is 5.73 Å². The van der Waals surface area contributed by atoms with E-state index in [1.807, 2.05) is 0 Å². The van der Waals surface area contributed by atoms with Gasteiger partial charge < -0.3 is 15.5 Å². The van der Waals surface area contributed by atoms with Gasteiger partial charge in [-0.25, -0.2) is 4.39 Å². The van der Waals surface area contributed by atoms with Crippen LogP contribution in [0.5, 0.6) is 0 Å². The monoisotopic (exact) mass is 316 g/mol. The highest BCUT2D eigenvalue weighted by molar-refractivity contribution is 7.99. The maximum atomic E-state index is 13.0. The molecule has 0 saturated carbocycles. The Kier molecular flexibility index (Phi) is 4.94. The van der Waals surface area contributed by atoms with Gasteiger partial charge in [0, 0.05) is 5.69 Å². The second-order valence-corrected chi connectivity index (χ2v) is 4.97. The number of hydrogen-bond acceptors (Lipinski definition) is 6. The Morgan fingerprint density at radius 3 is 2.95 bits per heavy atom. The molecule has 6 nitrogen and oxygen atoms in total. The lowest BCUT2D eigenvalue weighted by molar-refractivity contribution is -0.113. The van der Waals surface area contributed by atoms with Crippen LogP contribution >= 0.6 is 23.4 Å². The summed E-state index contributed by atoms with van der Waals surface area (Å²) in [5.41, 5.74) is 5.73. The summed E-state index contributed by atoms with van der Waals surface area (Å²) in [6.45, 7) is 0.147. The lowest BCUT2D eigenvalue weighted by Crippen LogP contribution is -2.14. The van der Waals surface area contributed by atoms with E-state index >= 15 is 0 Å². The zero-order valence-corrected chi connectivity index (χ0v) is 11.7. The molecule has 2 rings (SSSR count). The van der Waals surface area contributed by atoms with Crippen LogP contribution in [0.2, 0.25) is 5.02 Å². The maximum absolute atomic E-state index is 13.0. The number of nitrogens with zero attached hydrogens (tertiary/aromatic N) is 2. The average Bonchev–Trinajstić information content (AvgIpc) is 2.89. The summed E-state index contributed by atoms with van der Waals surface area (Å²) in [6.07, 6.45) is 0. The highest BCUT2D eigenvalue weighted by Gasteiger charge is 2.10. The van der Waals surface area contributed by atoms with E-state index in [1.54, 1.807) is 0 Å². The lowest BCUT2D eigenvalue weighted by Gasteiger charge is -2.04. The highest BCUT2D eigenvalue weighted by atomic mass is 35.5. The van der Waals surface area contributed by atoms with E-state index in [2.05, 4.69) is 15.5 Å². The third-order valence-electron chi connectivity index (χ3n) is 2.15. The maximum Gasteiger partial charge on any atom is 0.277 e. The molecule has 0 aliphatic carbocycles. The van der Waals surface area contributed by atoms with Gasteiger partial charge in [0.2, 0.25) is 11.8 Å². The van der Waals surface area contributed by atoms with Crippen molar-refractivity contribution in [2.75, 3.05) is 11.1 Å². The standard InChI is InChI=1S/C11H10ClFN4O2S/c12-7-3-6(1-2-8(7)13)15-9(18)5-20-11-17-16-10(4-14)19-11/h1-3H,4-5,14H2,(H,15,18). The van der Waals surface area contributed by atoms with Crippen LogP contribution in [0.1, 0.15) is 5.89 Å². The first-order valence-electron chi connectivity index (χ1n) is 5.48. The van der Waals surface area contributed by atoms with E-state index in [-0.39, 0.29) is 28.5 Å². The van der Waals surface area contributed by atoms with Crippen molar-refractivity contribution >= 4 is 35.0 Å². The number of carbonyl (C=O) groups is 1. The van der Waals surface area contributed by atoms with Crippen LogP contribution in [0.15, 0.2) is 27.8 Å². The molecule has 0 spiro atoms. The average molecular weight is 317 g/mol. The predicted octanol–water partition coefficient (Wildman–Crippen LogP) is 2.05. The van der Waals surface area contributed by atoms with E-state index in [0.29, 0.717) is 11.6 Å². The van der Waals surface area contributed by atoms with Gasteiger partial charge >= 0.3 is 0 Å². The van der Waals surface area contributed by atoms with E-state index < -0.39 is 5.82 Å². The minimum Gasteiger partial charge on any atom is -0.415 e. The summed E-state index contributed by atoms with van der Waals surface area (Å²) >= 11 is 6.69. The fraction of sp³-hybridized carbons (Fsp3) is 0.182. The molecule has 0 saturated heterocycles. The van der Waals surface area contributed by atoms with Gasteiger partial charge in [-0.15, -0.1) is 10.2 Å². The molecule has 106 valence electrons. The Balaban J connectivity index is 1.87. The minimum atomic E-state index is -0.542. The fourth-order valence-corrected chi connectivity index (χ4v) is 2.04. The molecule has 1 aromatic carbocycles. The Hall–Kier alpha value is -1.64. The molecular weight excluding hydrogens is 307 g/mol. The quantitative estimate of drug-likeness (QED) is 0.820. The molecule has 1 heterocycles. The van der Waals surface area contributed by atoms with E-state index in [0.717, 1.165) is 11.8 Å². The summed E-state index contributed by atoms with van der Waals surface area (Å²) in [7, 11) is 0. The van der Waals surface area contributed by atoms with Gasteiger partial charge in [-0.1, -0.05) is 23.4 Å². The van der Waals surface area contributed by atoms with Gasteiger partial charge in [-0.2, -0.15) is 0 Å². The Morgan fingerprint density at radius 1 is 1.50 bits per heavy atom. The molecule has 0 atom stereocenters. The molecule has 0 aliphatic rings. The zero-order chi connectivity index (χ0) is 14.5. The normalized spacial score (nSPS) is 10.6. The van der Waals surface area contributed by atoms with E-state index in [4.69, 9.17) is 21.8 Å². The van der Waals surface area contributed by atoms with Gasteiger partial charge in [-0.05, 0) is 18.2 Å². The van der Waals surface area contributed by atoms with Gasteiger partial charge in [0.25, 0.3) is 5.22 Å². The summed E-state index contributed by atoms with van der Waals surface area (Å²) in [5, 5.41) is 10.2. The van der Waals surface area contributed by atoms with Crippen LogP contribution in [-0.4, -0.2) is 21.9 Å². The summed E-state index contributed by atoms with van der Waals surface area (Å²) in [4.78, 5) is 11.7. The number of halogens is 2. The lowest BCUT2D eigenvalue weighted by atomic mass is 10.3. The molecule has 0 bridgehead atoms. The van der Waals surface area contributed by atoms with Crippen LogP contribution in [-0.2, 0) is 11.3 Å². The van der Waals surface area contributed by atoms with Crippen LogP contribution in [0.3, 0.4) is 0 Å². The van der Waals surface area contributed by atoms with Gasteiger partial charge in [-0.3, -0.25) is 4.79 Å². The van der Waals surface area contributed by atoms with Gasteiger partial charge in [0.05, 0.1) is 17.3 Å². The van der Waals surface area contributed by atoms with Crippen LogP contribution in [0, 0.1) is 5.82 Å². The first-order valence-corrected chi connectivity index (χ1v) is 6.85. The molecule has 2 aromatic rings. The third kappa shape index (κ3) is 3.92. The Morgan fingerprint density at radius 2 is 2.30 bits per heavy atom. The Bertz CT molecular complexity index is 622. The van der Waals surface area contributed by atoms with Crippen molar-refractivity contribution in [3.05, 3.63) is 34.9 Å². The molecule has 1 aromatic heterocycles. The summed E-state index contributed by atoms with van der Waals surface area (Å²) in [5.74, 6) is -0.469. The topological polar surface area (TPSA) is 94.0 Å². The number of benzene rings is 1. The minimum absolute atomic E-state index is 0.0556. The fourth-order valence-electron chi connectivity index (χ4n) is 1.28. The van der Waals surface area contributed by atoms with Crippen LogP contribution in [0.25, 0.3) is 0 Å². The summed E-state index contributed by atoms with van der Waals surface area (Å²) in [6, 6.07) is 3.93. The molecule has 9 heteroatoms. The number of hydrogen-bond donors (Lipinski definition) is 2. The Labute approximate surface area is 122 Å². The SMILES string of the molecule is NCc1nnc(SCC(=O)Nc2ccc(F)c(Cl)c2)o1. The first-order chi connectivity index (χ1) is 9.58. The second-order valence-electron chi connectivity index (χ2n) is 3.63. The smallest absolute Gasteiger partial charge is 0.277 e. The third-order valence-corrected chi connectivity index (χ3v) is 3.26. The van der Waals surface area contributed by atoms with Crippen molar-refractivity contribution in [3.8, 4) is 0 Å². The molecule has 20 heavy (non-hydrogen) atoms. The van der Waals surface area contributed by atoms with E-state index in [1.165, 1.54) is 18.2 Å². The zero-order valence-electron chi connectivity index (χ0n) is 10.1.